The van der Waals surface area contributed by atoms with Crippen molar-refractivity contribution >= 4 is 64.6 Å². The van der Waals surface area contributed by atoms with Gasteiger partial charge in [0, 0.05) is 21.5 Å². The Bertz CT molecular complexity index is 1140. The van der Waals surface area contributed by atoms with Gasteiger partial charge in [0.15, 0.2) is 0 Å². The summed E-state index contributed by atoms with van der Waals surface area (Å²) in [6.45, 7) is 0. The molecule has 0 saturated heterocycles. The van der Waals surface area contributed by atoms with Gasteiger partial charge in [0.25, 0.3) is 0 Å². The Morgan fingerprint density at radius 2 is 0.625 bits per heavy atom. The van der Waals surface area contributed by atoms with Gasteiger partial charge in [-0.15, -0.1) is 0 Å². The molecule has 0 unspecified atom stereocenters. The lowest BCUT2D eigenvalue weighted by Crippen LogP contribution is -1.91. The molecule has 0 radical (unpaired) electrons. The first-order chi connectivity index (χ1) is 11.9. The average molecular weight is 298 g/mol. The number of rotatable bonds is 0. The maximum Gasteiger partial charge on any atom is 0.0334 e. The maximum atomic E-state index is 3.38. The van der Waals surface area contributed by atoms with Gasteiger partial charge in [-0.2, -0.15) is 0 Å². The molecular formula is C24H10. The molecule has 0 fully saturated rings. The molecule has 106 valence electrons. The van der Waals surface area contributed by atoms with E-state index in [1.165, 1.54) is 64.6 Å². The summed E-state index contributed by atoms with van der Waals surface area (Å²) in [6.07, 6.45) is 0. The first kappa shape index (κ1) is 11.3. The van der Waals surface area contributed by atoms with E-state index in [9.17, 15) is 0 Å². The lowest BCUT2D eigenvalue weighted by atomic mass is 9.83. The summed E-state index contributed by atoms with van der Waals surface area (Å²) in [5.41, 5.74) is 0. The topological polar surface area (TPSA) is 0 Å². The lowest BCUT2D eigenvalue weighted by Gasteiger charge is -2.19. The van der Waals surface area contributed by atoms with E-state index >= 15 is 0 Å². The molecule has 0 spiro atoms. The van der Waals surface area contributed by atoms with Crippen LogP contribution in [-0.2, 0) is 0 Å². The van der Waals surface area contributed by atoms with Crippen LogP contribution < -0.4 is 0 Å². The van der Waals surface area contributed by atoms with E-state index in [1.807, 2.05) is 0 Å². The zero-order valence-corrected chi connectivity index (χ0v) is 12.8. The van der Waals surface area contributed by atoms with Gasteiger partial charge in [0.2, 0.25) is 0 Å². The predicted molar refractivity (Wildman–Crippen MR) is 103 cm³/mol. The first-order valence-corrected chi connectivity index (χ1v) is 8.30. The van der Waals surface area contributed by atoms with Crippen molar-refractivity contribution < 1.29 is 0 Å². The maximum absolute atomic E-state index is 3.38. The van der Waals surface area contributed by atoms with Crippen LogP contribution >= 0.6 is 0 Å². The molecule has 0 nitrogen and oxygen atoms in total. The molecule has 0 saturated carbocycles. The normalized spacial score (nSPS) is 12.7. The summed E-state index contributed by atoms with van der Waals surface area (Å²) in [4.78, 5) is 0. The fourth-order valence-electron chi connectivity index (χ4n) is 4.73. The van der Waals surface area contributed by atoms with Crippen LogP contribution in [0.15, 0.2) is 60.7 Å². The monoisotopic (exact) mass is 298 g/mol. The third-order valence-electron chi connectivity index (χ3n) is 5.71. The summed E-state index contributed by atoms with van der Waals surface area (Å²) in [5, 5.41) is 15.9. The van der Waals surface area contributed by atoms with Crippen LogP contribution in [0.25, 0.3) is 64.6 Å². The Labute approximate surface area is 137 Å². The molecule has 0 bridgehead atoms. The Morgan fingerprint density at radius 3 is 1.00 bits per heavy atom. The predicted octanol–water partition coefficient (Wildman–Crippen LogP) is 6.52. The first-order valence-electron chi connectivity index (χ1n) is 8.30. The van der Waals surface area contributed by atoms with E-state index in [4.69, 9.17) is 0 Å². The van der Waals surface area contributed by atoms with Crippen molar-refractivity contribution in [1.82, 2.24) is 0 Å². The highest BCUT2D eigenvalue weighted by atomic mass is 14.2. The van der Waals surface area contributed by atoms with Gasteiger partial charge in [-0.05, 0) is 55.2 Å². The van der Waals surface area contributed by atoms with E-state index in [2.05, 4.69) is 72.8 Å². The molecule has 0 aliphatic rings. The van der Waals surface area contributed by atoms with Crippen LogP contribution in [0, 0.1) is 12.1 Å². The SMILES string of the molecule is c1c2ccc3ccc4ccc5ccc6ccc(c#1)c1c2c3c4c5c61. The highest BCUT2D eigenvalue weighted by molar-refractivity contribution is 6.44. The summed E-state index contributed by atoms with van der Waals surface area (Å²) < 4.78 is 0. The highest BCUT2D eigenvalue weighted by Gasteiger charge is 2.19. The lowest BCUT2D eigenvalue weighted by molar-refractivity contribution is 1.81. The number of hydrogen-bond acceptors (Lipinski definition) is 0. The molecule has 7 aromatic rings. The molecule has 0 aliphatic carbocycles. The molecule has 0 heteroatoms. The minimum absolute atomic E-state index is 1.17. The van der Waals surface area contributed by atoms with Crippen molar-refractivity contribution in [3.8, 4) is 0 Å². The van der Waals surface area contributed by atoms with Crippen LogP contribution in [0.1, 0.15) is 0 Å². The zero-order chi connectivity index (χ0) is 15.4. The van der Waals surface area contributed by atoms with E-state index < -0.39 is 0 Å². The van der Waals surface area contributed by atoms with E-state index in [-0.39, 0.29) is 0 Å². The zero-order valence-electron chi connectivity index (χ0n) is 12.8. The van der Waals surface area contributed by atoms with Gasteiger partial charge in [-0.3, -0.25) is 0 Å². The standard InChI is InChI=1S/C24H10/c1-2-14-5-6-16-9-11-18-12-10-17-8-7-15-4-3-13(1)19-20(14)22(16)24(18)23(17)21(15)19/h1-9,11H. The van der Waals surface area contributed by atoms with Gasteiger partial charge < -0.3 is 0 Å². The summed E-state index contributed by atoms with van der Waals surface area (Å²) in [7, 11) is 0. The van der Waals surface area contributed by atoms with Crippen LogP contribution in [0.4, 0.5) is 0 Å². The third kappa shape index (κ3) is 1.05. The van der Waals surface area contributed by atoms with Crippen molar-refractivity contribution in [3.05, 3.63) is 72.8 Å². The fraction of sp³-hybridized carbons (Fsp3) is 0. The molecule has 7 aromatic carbocycles. The minimum Gasteiger partial charge on any atom is -0.0610 e. The number of hydrogen-bond donors (Lipinski definition) is 0. The Morgan fingerprint density at radius 1 is 0.333 bits per heavy atom. The molecular weight excluding hydrogens is 288 g/mol. The van der Waals surface area contributed by atoms with Crippen LogP contribution in [0.3, 0.4) is 0 Å². The second-order valence-corrected chi connectivity index (χ2v) is 6.82. The van der Waals surface area contributed by atoms with Gasteiger partial charge in [0.05, 0.1) is 0 Å². The van der Waals surface area contributed by atoms with Crippen molar-refractivity contribution in [2.75, 3.05) is 0 Å². The van der Waals surface area contributed by atoms with Crippen molar-refractivity contribution in [2.45, 2.75) is 0 Å². The summed E-state index contributed by atoms with van der Waals surface area (Å²) in [6, 6.07) is 29.1. The van der Waals surface area contributed by atoms with Gasteiger partial charge in [-0.25, -0.2) is 0 Å². The second-order valence-electron chi connectivity index (χ2n) is 6.82. The summed E-state index contributed by atoms with van der Waals surface area (Å²) in [5.74, 6) is 0. The molecule has 7 rings (SSSR count). The molecule has 24 heavy (non-hydrogen) atoms. The van der Waals surface area contributed by atoms with E-state index in [0.717, 1.165) is 0 Å². The van der Waals surface area contributed by atoms with E-state index in [1.54, 1.807) is 0 Å². The number of benzene rings is 6. The molecule has 0 amide bonds. The van der Waals surface area contributed by atoms with Gasteiger partial charge in [-0.1, -0.05) is 60.7 Å². The highest BCUT2D eigenvalue weighted by Crippen LogP contribution is 2.47. The quantitative estimate of drug-likeness (QED) is 0.221. The van der Waals surface area contributed by atoms with Crippen LogP contribution in [0.5, 0.6) is 0 Å². The Balaban J connectivity index is 2.11. The van der Waals surface area contributed by atoms with Crippen molar-refractivity contribution in [2.24, 2.45) is 0 Å². The summed E-state index contributed by atoms with van der Waals surface area (Å²) >= 11 is 0. The minimum atomic E-state index is 1.17. The molecule has 0 atom stereocenters. The molecule has 0 N–H and O–H groups in total. The average Bonchev–Trinajstić information content (AvgIpc) is 2.65. The molecule has 0 heterocycles. The van der Waals surface area contributed by atoms with Crippen molar-refractivity contribution in [3.63, 3.8) is 0 Å². The Kier molecular flexibility index (Phi) is 1.62. The van der Waals surface area contributed by atoms with Gasteiger partial charge in [0.1, 0.15) is 0 Å². The van der Waals surface area contributed by atoms with Crippen molar-refractivity contribution in [1.29, 1.82) is 0 Å². The Hall–Kier alpha value is -3.30. The second kappa shape index (κ2) is 3.45. The molecule has 0 aliphatic heterocycles. The third-order valence-corrected chi connectivity index (χ3v) is 5.71. The van der Waals surface area contributed by atoms with Crippen LogP contribution in [-0.4, -0.2) is 0 Å². The largest absolute Gasteiger partial charge is 0.0610 e. The molecule has 0 aromatic heterocycles. The smallest absolute Gasteiger partial charge is 0.0334 e. The fourth-order valence-corrected chi connectivity index (χ4v) is 4.73. The van der Waals surface area contributed by atoms with E-state index in [0.29, 0.717) is 0 Å². The van der Waals surface area contributed by atoms with Crippen LogP contribution in [0.2, 0.25) is 0 Å². The van der Waals surface area contributed by atoms with Gasteiger partial charge >= 0.3 is 0 Å².